The number of rotatable bonds is 4. The number of carbonyl (C=O) groups is 2. The van der Waals surface area contributed by atoms with E-state index in [1.165, 1.54) is 4.90 Å². The van der Waals surface area contributed by atoms with Crippen LogP contribution in [0.5, 0.6) is 0 Å². The van der Waals surface area contributed by atoms with Crippen LogP contribution < -0.4 is 0 Å². The summed E-state index contributed by atoms with van der Waals surface area (Å²) < 4.78 is 0. The SMILES string of the molecule is O=C(O)C1CSC2CN(CC=Cc3ccccc3)C(=O)N21. The number of carboxylic acid groups (broad SMARTS) is 1. The number of nitrogens with zero attached hydrogens (tertiary/aromatic N) is 2. The number of hydrogen-bond acceptors (Lipinski definition) is 3. The fraction of sp³-hybridized carbons (Fsp3) is 0.333. The van der Waals surface area contributed by atoms with Crippen molar-refractivity contribution in [3.05, 3.63) is 42.0 Å². The molecule has 0 aliphatic carbocycles. The predicted octanol–water partition coefficient (Wildman–Crippen LogP) is 1.96. The maximum absolute atomic E-state index is 12.3. The third kappa shape index (κ3) is 2.76. The number of urea groups is 1. The van der Waals surface area contributed by atoms with Crippen LogP contribution in [0.25, 0.3) is 6.08 Å². The summed E-state index contributed by atoms with van der Waals surface area (Å²) in [5, 5.41) is 9.13. The Morgan fingerprint density at radius 2 is 2.14 bits per heavy atom. The zero-order chi connectivity index (χ0) is 14.8. The molecule has 2 aliphatic rings. The molecule has 1 aromatic rings. The molecule has 1 N–H and O–H groups in total. The highest BCUT2D eigenvalue weighted by Gasteiger charge is 2.48. The monoisotopic (exact) mass is 304 g/mol. The summed E-state index contributed by atoms with van der Waals surface area (Å²) in [6.07, 6.45) is 3.91. The van der Waals surface area contributed by atoms with E-state index in [9.17, 15) is 9.59 Å². The van der Waals surface area contributed by atoms with Crippen LogP contribution in [0.1, 0.15) is 5.56 Å². The molecule has 0 bridgehead atoms. The summed E-state index contributed by atoms with van der Waals surface area (Å²) in [7, 11) is 0. The first-order valence-electron chi connectivity index (χ1n) is 6.80. The van der Waals surface area contributed by atoms with Crippen LogP contribution in [-0.2, 0) is 4.79 Å². The number of hydrogen-bond donors (Lipinski definition) is 1. The number of thioether (sulfide) groups is 1. The highest BCUT2D eigenvalue weighted by Crippen LogP contribution is 2.35. The Bertz CT molecular complexity index is 576. The van der Waals surface area contributed by atoms with E-state index in [2.05, 4.69) is 0 Å². The van der Waals surface area contributed by atoms with Crippen LogP contribution in [0.3, 0.4) is 0 Å². The highest BCUT2D eigenvalue weighted by molar-refractivity contribution is 8.00. The van der Waals surface area contributed by atoms with Crippen molar-refractivity contribution in [2.75, 3.05) is 18.8 Å². The van der Waals surface area contributed by atoms with Gasteiger partial charge >= 0.3 is 12.0 Å². The third-order valence-corrected chi connectivity index (χ3v) is 4.95. The molecule has 110 valence electrons. The molecule has 3 rings (SSSR count). The number of carboxylic acids is 1. The molecule has 6 heteroatoms. The first-order chi connectivity index (χ1) is 10.2. The normalized spacial score (nSPS) is 24.9. The maximum Gasteiger partial charge on any atom is 0.327 e. The molecule has 0 radical (unpaired) electrons. The first kappa shape index (κ1) is 14.0. The van der Waals surface area contributed by atoms with Gasteiger partial charge in [0.05, 0.1) is 11.9 Å². The van der Waals surface area contributed by atoms with Crippen molar-refractivity contribution >= 4 is 29.8 Å². The Morgan fingerprint density at radius 1 is 1.38 bits per heavy atom. The predicted molar refractivity (Wildman–Crippen MR) is 82.0 cm³/mol. The zero-order valence-corrected chi connectivity index (χ0v) is 12.2. The van der Waals surface area contributed by atoms with Crippen molar-refractivity contribution in [3.63, 3.8) is 0 Å². The molecule has 2 heterocycles. The largest absolute Gasteiger partial charge is 0.480 e. The summed E-state index contributed by atoms with van der Waals surface area (Å²) in [6, 6.07) is 9.02. The van der Waals surface area contributed by atoms with E-state index >= 15 is 0 Å². The van der Waals surface area contributed by atoms with Gasteiger partial charge < -0.3 is 10.0 Å². The van der Waals surface area contributed by atoms with Crippen molar-refractivity contribution < 1.29 is 14.7 Å². The minimum Gasteiger partial charge on any atom is -0.480 e. The maximum atomic E-state index is 12.3. The Kier molecular flexibility index (Phi) is 3.88. The van der Waals surface area contributed by atoms with E-state index in [-0.39, 0.29) is 11.4 Å². The lowest BCUT2D eigenvalue weighted by Gasteiger charge is -2.19. The molecule has 2 unspecified atom stereocenters. The number of amides is 2. The summed E-state index contributed by atoms with van der Waals surface area (Å²) in [5.74, 6) is -0.431. The van der Waals surface area contributed by atoms with E-state index < -0.39 is 12.0 Å². The Labute approximate surface area is 127 Å². The van der Waals surface area contributed by atoms with Gasteiger partial charge in [0, 0.05) is 12.3 Å². The minimum atomic E-state index is -0.917. The molecule has 0 spiro atoms. The summed E-state index contributed by atoms with van der Waals surface area (Å²) in [6.45, 7) is 1.10. The van der Waals surface area contributed by atoms with E-state index in [0.29, 0.717) is 18.8 Å². The number of fused-ring (bicyclic) bond motifs is 1. The van der Waals surface area contributed by atoms with Crippen LogP contribution in [-0.4, -0.2) is 57.2 Å². The molecule has 21 heavy (non-hydrogen) atoms. The molecular formula is C15H16N2O3S. The molecule has 2 saturated heterocycles. The molecule has 0 aromatic heterocycles. The molecule has 2 amide bonds. The average molecular weight is 304 g/mol. The smallest absolute Gasteiger partial charge is 0.327 e. The Morgan fingerprint density at radius 3 is 2.86 bits per heavy atom. The van der Waals surface area contributed by atoms with E-state index in [0.717, 1.165) is 5.56 Å². The molecule has 2 aliphatic heterocycles. The van der Waals surface area contributed by atoms with Gasteiger partial charge in [-0.05, 0) is 5.56 Å². The summed E-state index contributed by atoms with van der Waals surface area (Å²) >= 11 is 1.55. The fourth-order valence-electron chi connectivity index (χ4n) is 2.61. The lowest BCUT2D eigenvalue weighted by atomic mass is 10.2. The summed E-state index contributed by atoms with van der Waals surface area (Å²) in [5.41, 5.74) is 1.09. The Balaban J connectivity index is 1.62. The van der Waals surface area contributed by atoms with Gasteiger partial charge in [-0.25, -0.2) is 9.59 Å². The molecule has 2 fully saturated rings. The van der Waals surface area contributed by atoms with Crippen LogP contribution >= 0.6 is 11.8 Å². The van der Waals surface area contributed by atoms with Crippen molar-refractivity contribution in [2.45, 2.75) is 11.4 Å². The second-order valence-electron chi connectivity index (χ2n) is 5.05. The number of benzene rings is 1. The van der Waals surface area contributed by atoms with E-state index in [1.54, 1.807) is 16.7 Å². The van der Waals surface area contributed by atoms with Gasteiger partial charge in [-0.3, -0.25) is 4.90 Å². The van der Waals surface area contributed by atoms with Gasteiger partial charge in [0.1, 0.15) is 6.04 Å². The van der Waals surface area contributed by atoms with Crippen molar-refractivity contribution in [2.24, 2.45) is 0 Å². The molecule has 5 nitrogen and oxygen atoms in total. The van der Waals surface area contributed by atoms with E-state index in [4.69, 9.17) is 5.11 Å². The standard InChI is InChI=1S/C15H16N2O3S/c18-14(19)12-10-21-13-9-16(15(20)17(12)13)8-4-7-11-5-2-1-3-6-11/h1-7,12-13H,8-10H2,(H,18,19). The Hall–Kier alpha value is -1.95. The fourth-order valence-corrected chi connectivity index (χ4v) is 4.00. The minimum absolute atomic E-state index is 0.0243. The van der Waals surface area contributed by atoms with Crippen LogP contribution in [0.2, 0.25) is 0 Å². The van der Waals surface area contributed by atoms with Gasteiger partial charge in [-0.1, -0.05) is 42.5 Å². The van der Waals surface area contributed by atoms with Crippen molar-refractivity contribution in [3.8, 4) is 0 Å². The molecule has 2 atom stereocenters. The number of carbonyl (C=O) groups excluding carboxylic acids is 1. The second kappa shape index (κ2) is 5.81. The van der Waals surface area contributed by atoms with Crippen molar-refractivity contribution in [1.29, 1.82) is 0 Å². The van der Waals surface area contributed by atoms with Crippen molar-refractivity contribution in [1.82, 2.24) is 9.80 Å². The highest BCUT2D eigenvalue weighted by atomic mass is 32.2. The molecule has 0 saturated carbocycles. The lowest BCUT2D eigenvalue weighted by molar-refractivity contribution is -0.140. The summed E-state index contributed by atoms with van der Waals surface area (Å²) in [4.78, 5) is 26.6. The van der Waals surface area contributed by atoms with Crippen LogP contribution in [0, 0.1) is 0 Å². The van der Waals surface area contributed by atoms with Gasteiger partial charge in [-0.15, -0.1) is 11.8 Å². The first-order valence-corrected chi connectivity index (χ1v) is 7.85. The number of aliphatic carboxylic acids is 1. The van der Waals surface area contributed by atoms with Crippen LogP contribution in [0.15, 0.2) is 36.4 Å². The average Bonchev–Trinajstić information content (AvgIpc) is 3.02. The topological polar surface area (TPSA) is 60.9 Å². The molecule has 1 aromatic carbocycles. The third-order valence-electron chi connectivity index (χ3n) is 3.68. The molecular weight excluding hydrogens is 288 g/mol. The quantitative estimate of drug-likeness (QED) is 0.924. The van der Waals surface area contributed by atoms with Gasteiger partial charge in [-0.2, -0.15) is 0 Å². The van der Waals surface area contributed by atoms with Gasteiger partial charge in [0.25, 0.3) is 0 Å². The van der Waals surface area contributed by atoms with Crippen LogP contribution in [0.4, 0.5) is 4.79 Å². The zero-order valence-electron chi connectivity index (χ0n) is 11.4. The second-order valence-corrected chi connectivity index (χ2v) is 6.26. The van der Waals surface area contributed by atoms with Gasteiger partial charge in [0.15, 0.2) is 0 Å². The lowest BCUT2D eigenvalue weighted by Crippen LogP contribution is -2.43. The van der Waals surface area contributed by atoms with E-state index in [1.807, 2.05) is 42.5 Å². The van der Waals surface area contributed by atoms with Gasteiger partial charge in [0.2, 0.25) is 0 Å².